The first kappa shape index (κ1) is 31.0. The number of pyridine rings is 1. The third-order valence-corrected chi connectivity index (χ3v) is 9.47. The maximum absolute atomic E-state index is 14.7. The van der Waals surface area contributed by atoms with Crippen molar-refractivity contribution in [2.45, 2.75) is 56.7 Å². The van der Waals surface area contributed by atoms with E-state index in [9.17, 15) is 17.6 Å². The van der Waals surface area contributed by atoms with Crippen LogP contribution in [0.5, 0.6) is 11.5 Å². The van der Waals surface area contributed by atoms with Crippen LogP contribution in [0.15, 0.2) is 48.7 Å². The molecular weight excluding hydrogens is 654 g/mol. The van der Waals surface area contributed by atoms with Crippen molar-refractivity contribution in [2.24, 2.45) is 0 Å². The zero-order valence-corrected chi connectivity index (χ0v) is 26.3. The van der Waals surface area contributed by atoms with Gasteiger partial charge in [-0.3, -0.25) is 15.0 Å². The van der Waals surface area contributed by atoms with Gasteiger partial charge in [-0.25, -0.2) is 14.4 Å². The number of alkyl halides is 3. The molecule has 0 saturated carbocycles. The summed E-state index contributed by atoms with van der Waals surface area (Å²) in [7, 11) is 0. The number of rotatable bonds is 7. The lowest BCUT2D eigenvalue weighted by molar-refractivity contribution is -0.144. The molecule has 2 atom stereocenters. The Hall–Kier alpha value is -4.27. The van der Waals surface area contributed by atoms with Crippen LogP contribution in [0.3, 0.4) is 0 Å². The SMILES string of the molecule is Fc1cc(Cl)ccc1C1COc2cccc(C3CCN(Cc4nc5cc(-c6n[nH]c(C(F)(F)F)n6)ncc5n4C[C@@H]4CCO4)CC3)c2O1. The fourth-order valence-electron chi connectivity index (χ4n) is 6.61. The lowest BCUT2D eigenvalue weighted by Gasteiger charge is -2.35. The van der Waals surface area contributed by atoms with Gasteiger partial charge in [0.05, 0.1) is 36.4 Å². The van der Waals surface area contributed by atoms with Crippen molar-refractivity contribution in [3.05, 3.63) is 82.3 Å². The van der Waals surface area contributed by atoms with Gasteiger partial charge in [-0.2, -0.15) is 18.3 Å². The monoisotopic (exact) mass is 683 g/mol. The van der Waals surface area contributed by atoms with Gasteiger partial charge in [0.25, 0.3) is 0 Å². The largest absolute Gasteiger partial charge is 0.485 e. The van der Waals surface area contributed by atoms with Crippen molar-refractivity contribution >= 4 is 22.6 Å². The van der Waals surface area contributed by atoms with Crippen LogP contribution in [-0.2, 0) is 24.0 Å². The number of aromatic amines is 1. The summed E-state index contributed by atoms with van der Waals surface area (Å²) in [5, 5.41) is 5.98. The molecule has 3 aliphatic heterocycles. The first-order chi connectivity index (χ1) is 23.2. The van der Waals surface area contributed by atoms with Crippen LogP contribution in [0.2, 0.25) is 5.02 Å². The van der Waals surface area contributed by atoms with E-state index in [0.717, 1.165) is 49.3 Å². The number of nitrogens with one attached hydrogen (secondary N) is 1. The molecule has 0 spiro atoms. The zero-order chi connectivity index (χ0) is 33.0. The van der Waals surface area contributed by atoms with Gasteiger partial charge in [0, 0.05) is 22.8 Å². The van der Waals surface area contributed by atoms with Crippen LogP contribution in [0.1, 0.15) is 54.1 Å². The average molecular weight is 684 g/mol. The molecule has 0 aliphatic carbocycles. The minimum absolute atomic E-state index is 0.0607. The summed E-state index contributed by atoms with van der Waals surface area (Å²) in [6.45, 7) is 3.69. The van der Waals surface area contributed by atoms with E-state index in [1.807, 2.05) is 17.2 Å². The van der Waals surface area contributed by atoms with E-state index >= 15 is 0 Å². The number of H-pyrrole nitrogens is 1. The van der Waals surface area contributed by atoms with Crippen LogP contribution in [-0.4, -0.2) is 67.0 Å². The molecule has 3 aromatic heterocycles. The van der Waals surface area contributed by atoms with Crippen molar-refractivity contribution in [2.75, 3.05) is 26.3 Å². The van der Waals surface area contributed by atoms with Crippen molar-refractivity contribution in [1.29, 1.82) is 0 Å². The van der Waals surface area contributed by atoms with E-state index in [1.54, 1.807) is 24.4 Å². The number of hydrogen-bond acceptors (Lipinski definition) is 8. The van der Waals surface area contributed by atoms with Crippen LogP contribution in [0, 0.1) is 5.82 Å². The quantitative estimate of drug-likeness (QED) is 0.189. The third kappa shape index (κ3) is 5.96. The Balaban J connectivity index is 0.996. The van der Waals surface area contributed by atoms with E-state index < -0.39 is 23.9 Å². The Morgan fingerprint density at radius 2 is 1.85 bits per heavy atom. The van der Waals surface area contributed by atoms with Crippen molar-refractivity contribution < 1.29 is 31.8 Å². The van der Waals surface area contributed by atoms with Crippen LogP contribution < -0.4 is 9.47 Å². The van der Waals surface area contributed by atoms with E-state index in [4.69, 9.17) is 30.8 Å². The number of nitrogens with zero attached hydrogens (tertiary/aromatic N) is 6. The predicted molar refractivity (Wildman–Crippen MR) is 166 cm³/mol. The summed E-state index contributed by atoms with van der Waals surface area (Å²) in [6.07, 6.45) is -0.890. The Kier molecular flexibility index (Phi) is 7.96. The first-order valence-corrected chi connectivity index (χ1v) is 16.1. The number of imidazole rings is 1. The number of piperidine rings is 1. The number of para-hydroxylation sites is 1. The van der Waals surface area contributed by atoms with Gasteiger partial charge in [-0.1, -0.05) is 29.8 Å². The van der Waals surface area contributed by atoms with Gasteiger partial charge < -0.3 is 18.8 Å². The van der Waals surface area contributed by atoms with Crippen LogP contribution >= 0.6 is 11.6 Å². The van der Waals surface area contributed by atoms with E-state index in [1.165, 1.54) is 6.07 Å². The maximum Gasteiger partial charge on any atom is 0.451 e. The average Bonchev–Trinajstić information content (AvgIpc) is 3.68. The van der Waals surface area contributed by atoms with E-state index in [2.05, 4.69) is 30.6 Å². The topological polar surface area (TPSA) is 103 Å². The number of fused-ring (bicyclic) bond motifs is 2. The number of benzene rings is 2. The highest BCUT2D eigenvalue weighted by Crippen LogP contribution is 2.45. The number of hydrogen-bond donors (Lipinski definition) is 1. The van der Waals surface area contributed by atoms with E-state index in [-0.39, 0.29) is 30.1 Å². The molecule has 10 nitrogen and oxygen atoms in total. The van der Waals surface area contributed by atoms with Crippen molar-refractivity contribution in [3.63, 3.8) is 0 Å². The number of likely N-dealkylation sites (tertiary alicyclic amines) is 1. The zero-order valence-electron chi connectivity index (χ0n) is 25.5. The minimum atomic E-state index is -4.64. The molecule has 2 saturated heterocycles. The molecule has 3 aliphatic rings. The summed E-state index contributed by atoms with van der Waals surface area (Å²) < 4.78 is 74.2. The Morgan fingerprint density at radius 3 is 2.58 bits per heavy atom. The normalized spacial score (nSPS) is 20.3. The van der Waals surface area contributed by atoms with Crippen molar-refractivity contribution in [1.82, 2.24) is 34.6 Å². The second kappa shape index (κ2) is 12.3. The Labute approximate surface area is 277 Å². The predicted octanol–water partition coefficient (Wildman–Crippen LogP) is 6.71. The van der Waals surface area contributed by atoms with Gasteiger partial charge in [-0.05, 0) is 62.5 Å². The van der Waals surface area contributed by atoms with E-state index in [0.29, 0.717) is 47.3 Å². The maximum atomic E-state index is 14.7. The molecule has 0 radical (unpaired) electrons. The number of ether oxygens (including phenoxy) is 3. The standard InChI is InChI=1S/C33H30ClF4N7O3/c34-19-4-5-22(23(35)12-19)28-17-47-27-3-1-2-21(30(27)48-28)18-6-9-44(10-7-18)16-29-40-24-13-25(31-41-32(43-42-31)33(36,37)38)39-14-26(24)45(29)15-20-8-11-46-20/h1-5,12-14,18,20,28H,6-11,15-17H2,(H,41,42,43)/t20-,28?/m0/s1. The molecule has 2 fully saturated rings. The molecule has 1 unspecified atom stereocenters. The Morgan fingerprint density at radius 1 is 1.02 bits per heavy atom. The molecule has 6 heterocycles. The molecule has 48 heavy (non-hydrogen) atoms. The van der Waals surface area contributed by atoms with Gasteiger partial charge in [0.2, 0.25) is 5.82 Å². The number of halogens is 5. The summed E-state index contributed by atoms with van der Waals surface area (Å²) >= 11 is 5.96. The molecule has 0 bridgehead atoms. The second-order valence-corrected chi connectivity index (χ2v) is 12.7. The highest BCUT2D eigenvalue weighted by molar-refractivity contribution is 6.30. The van der Waals surface area contributed by atoms with Gasteiger partial charge >= 0.3 is 6.18 Å². The second-order valence-electron chi connectivity index (χ2n) is 12.3. The molecule has 250 valence electrons. The third-order valence-electron chi connectivity index (χ3n) is 9.24. The summed E-state index contributed by atoms with van der Waals surface area (Å²) in [5.74, 6) is 0.589. The molecule has 2 aromatic carbocycles. The van der Waals surface area contributed by atoms with Gasteiger partial charge in [0.15, 0.2) is 23.4 Å². The first-order valence-electron chi connectivity index (χ1n) is 15.8. The molecule has 5 aromatic rings. The molecule has 1 N–H and O–H groups in total. The number of aromatic nitrogens is 6. The fraction of sp³-hybridized carbons (Fsp3) is 0.394. The summed E-state index contributed by atoms with van der Waals surface area (Å²) in [6, 6.07) is 12.1. The highest BCUT2D eigenvalue weighted by atomic mass is 35.5. The van der Waals surface area contributed by atoms with Crippen LogP contribution in [0.4, 0.5) is 17.6 Å². The molecule has 0 amide bonds. The van der Waals surface area contributed by atoms with Gasteiger partial charge in [0.1, 0.15) is 23.9 Å². The lowest BCUT2D eigenvalue weighted by Crippen LogP contribution is -2.35. The molecule has 15 heteroatoms. The highest BCUT2D eigenvalue weighted by Gasteiger charge is 2.36. The summed E-state index contributed by atoms with van der Waals surface area (Å²) in [4.78, 5) is 15.2. The smallest absolute Gasteiger partial charge is 0.451 e. The van der Waals surface area contributed by atoms with Crippen molar-refractivity contribution in [3.8, 4) is 23.0 Å². The molecule has 8 rings (SSSR count). The fourth-order valence-corrected chi connectivity index (χ4v) is 6.77. The summed E-state index contributed by atoms with van der Waals surface area (Å²) in [5.41, 5.74) is 3.01. The van der Waals surface area contributed by atoms with Crippen LogP contribution in [0.25, 0.3) is 22.6 Å². The Bertz CT molecular complexity index is 1970. The lowest BCUT2D eigenvalue weighted by atomic mass is 9.88. The molecular formula is C33H30ClF4N7O3. The minimum Gasteiger partial charge on any atom is -0.485 e. The van der Waals surface area contributed by atoms with Gasteiger partial charge in [-0.15, -0.1) is 0 Å².